The van der Waals surface area contributed by atoms with Gasteiger partial charge in [0.25, 0.3) is 0 Å². The fourth-order valence-corrected chi connectivity index (χ4v) is 4.50. The zero-order valence-electron chi connectivity index (χ0n) is 16.5. The standard InChI is InChI=1S/C24H21N5S/c1-17-12-13-21(28(17)19-10-7-14-25-16-19)23-22(20-11-5-6-15-26-20)27-24(30)29(23)18-8-3-2-4-9-18/h2-16,22-23H,1H3,(H,27,30)/t22-,23+/m0/s1. The van der Waals surface area contributed by atoms with Crippen LogP contribution in [-0.4, -0.2) is 19.6 Å². The van der Waals surface area contributed by atoms with Crippen molar-refractivity contribution in [2.24, 2.45) is 0 Å². The van der Waals surface area contributed by atoms with Crippen LogP contribution in [0.1, 0.15) is 29.2 Å². The molecule has 5 nitrogen and oxygen atoms in total. The van der Waals surface area contributed by atoms with Gasteiger partial charge in [-0.1, -0.05) is 24.3 Å². The summed E-state index contributed by atoms with van der Waals surface area (Å²) in [5, 5.41) is 4.21. The van der Waals surface area contributed by atoms with Crippen molar-refractivity contribution in [1.29, 1.82) is 0 Å². The molecule has 30 heavy (non-hydrogen) atoms. The molecule has 5 rings (SSSR count). The van der Waals surface area contributed by atoms with Gasteiger partial charge in [0.2, 0.25) is 0 Å². The van der Waals surface area contributed by atoms with Gasteiger partial charge in [-0.15, -0.1) is 0 Å². The molecule has 1 saturated heterocycles. The van der Waals surface area contributed by atoms with Crippen molar-refractivity contribution >= 4 is 23.0 Å². The number of hydrogen-bond donors (Lipinski definition) is 1. The summed E-state index contributed by atoms with van der Waals surface area (Å²) in [5.74, 6) is 0. The molecular weight excluding hydrogens is 390 g/mol. The average molecular weight is 412 g/mol. The average Bonchev–Trinajstić information content (AvgIpc) is 3.35. The minimum Gasteiger partial charge on any atom is -0.351 e. The van der Waals surface area contributed by atoms with Gasteiger partial charge < -0.3 is 14.8 Å². The molecule has 0 spiro atoms. The van der Waals surface area contributed by atoms with Crippen molar-refractivity contribution in [2.75, 3.05) is 4.90 Å². The van der Waals surface area contributed by atoms with Crippen molar-refractivity contribution in [2.45, 2.75) is 19.0 Å². The number of nitrogens with one attached hydrogen (secondary N) is 1. The van der Waals surface area contributed by atoms with Crippen LogP contribution in [-0.2, 0) is 0 Å². The maximum atomic E-state index is 5.81. The largest absolute Gasteiger partial charge is 0.351 e. The lowest BCUT2D eigenvalue weighted by Crippen LogP contribution is -2.30. The number of nitrogens with zero attached hydrogens (tertiary/aromatic N) is 4. The van der Waals surface area contributed by atoms with Gasteiger partial charge in [0, 0.05) is 29.5 Å². The Kier molecular flexibility index (Phi) is 4.77. The molecule has 0 saturated carbocycles. The molecule has 2 atom stereocenters. The highest BCUT2D eigenvalue weighted by Gasteiger charge is 2.42. The van der Waals surface area contributed by atoms with Gasteiger partial charge in [-0.3, -0.25) is 9.97 Å². The third-order valence-corrected chi connectivity index (χ3v) is 5.76. The maximum Gasteiger partial charge on any atom is 0.174 e. The predicted octanol–water partition coefficient (Wildman–Crippen LogP) is 4.75. The van der Waals surface area contributed by atoms with Crippen molar-refractivity contribution in [3.8, 4) is 5.69 Å². The number of thiocarbonyl (C=S) groups is 1. The van der Waals surface area contributed by atoms with Gasteiger partial charge in [0.1, 0.15) is 6.04 Å². The zero-order valence-corrected chi connectivity index (χ0v) is 17.3. The summed E-state index contributed by atoms with van der Waals surface area (Å²) in [6, 6.07) is 24.5. The van der Waals surface area contributed by atoms with Crippen LogP contribution < -0.4 is 10.2 Å². The van der Waals surface area contributed by atoms with Crippen LogP contribution in [0, 0.1) is 6.92 Å². The van der Waals surface area contributed by atoms with Gasteiger partial charge >= 0.3 is 0 Å². The fourth-order valence-electron chi connectivity index (χ4n) is 4.15. The van der Waals surface area contributed by atoms with Crippen molar-refractivity contribution in [1.82, 2.24) is 19.9 Å². The number of hydrogen-bond acceptors (Lipinski definition) is 3. The molecule has 0 unspecified atom stereocenters. The van der Waals surface area contributed by atoms with Crippen LogP contribution in [0.4, 0.5) is 5.69 Å². The van der Waals surface area contributed by atoms with E-state index < -0.39 is 0 Å². The SMILES string of the molecule is Cc1ccc([C@@H]2[C@H](c3ccccn3)NC(=S)N2c2ccccc2)n1-c1cccnc1. The first-order valence-electron chi connectivity index (χ1n) is 9.88. The van der Waals surface area contributed by atoms with E-state index in [4.69, 9.17) is 12.2 Å². The molecule has 1 aliphatic heterocycles. The molecule has 1 N–H and O–H groups in total. The van der Waals surface area contributed by atoms with E-state index in [0.29, 0.717) is 5.11 Å². The molecule has 4 aromatic rings. The summed E-state index contributed by atoms with van der Waals surface area (Å²) in [6.07, 6.45) is 5.51. The highest BCUT2D eigenvalue weighted by molar-refractivity contribution is 7.80. The molecule has 1 aromatic carbocycles. The van der Waals surface area contributed by atoms with Gasteiger partial charge in [-0.05, 0) is 67.7 Å². The number of anilines is 1. The smallest absolute Gasteiger partial charge is 0.174 e. The minimum absolute atomic E-state index is 0.0660. The highest BCUT2D eigenvalue weighted by atomic mass is 32.1. The van der Waals surface area contributed by atoms with Gasteiger partial charge in [0.05, 0.1) is 23.6 Å². The fraction of sp³-hybridized carbons (Fsp3) is 0.125. The minimum atomic E-state index is -0.0800. The van der Waals surface area contributed by atoms with Crippen LogP contribution in [0.5, 0.6) is 0 Å². The van der Waals surface area contributed by atoms with Gasteiger partial charge in [-0.2, -0.15) is 0 Å². The first-order chi connectivity index (χ1) is 14.7. The Morgan fingerprint density at radius 1 is 0.867 bits per heavy atom. The Morgan fingerprint density at radius 3 is 2.40 bits per heavy atom. The Morgan fingerprint density at radius 2 is 1.67 bits per heavy atom. The highest BCUT2D eigenvalue weighted by Crippen LogP contribution is 2.42. The molecule has 6 heteroatoms. The van der Waals surface area contributed by atoms with Crippen molar-refractivity contribution in [3.63, 3.8) is 0 Å². The third-order valence-electron chi connectivity index (χ3n) is 5.45. The lowest BCUT2D eigenvalue weighted by Gasteiger charge is -2.29. The summed E-state index contributed by atoms with van der Waals surface area (Å²) < 4.78 is 2.25. The number of para-hydroxylation sites is 1. The second kappa shape index (κ2) is 7.72. The van der Waals surface area contributed by atoms with Crippen molar-refractivity contribution < 1.29 is 0 Å². The van der Waals surface area contributed by atoms with Crippen LogP contribution in [0.2, 0.25) is 0 Å². The van der Waals surface area contributed by atoms with E-state index >= 15 is 0 Å². The first-order valence-corrected chi connectivity index (χ1v) is 10.3. The molecule has 148 valence electrons. The molecule has 1 fully saturated rings. The predicted molar refractivity (Wildman–Crippen MR) is 123 cm³/mol. The number of aromatic nitrogens is 3. The Balaban J connectivity index is 1.70. The topological polar surface area (TPSA) is 46.0 Å². The van der Waals surface area contributed by atoms with Crippen LogP contribution in [0.3, 0.4) is 0 Å². The number of benzene rings is 1. The van der Waals surface area contributed by atoms with Crippen molar-refractivity contribution in [3.05, 3.63) is 108 Å². The lowest BCUT2D eigenvalue weighted by atomic mass is 10.0. The Hall–Kier alpha value is -3.51. The quantitative estimate of drug-likeness (QED) is 0.491. The van der Waals surface area contributed by atoms with Gasteiger partial charge in [-0.25, -0.2) is 0 Å². The summed E-state index contributed by atoms with van der Waals surface area (Å²) in [6.45, 7) is 2.11. The summed E-state index contributed by atoms with van der Waals surface area (Å²) in [7, 11) is 0. The Labute approximate surface area is 181 Å². The molecule has 4 heterocycles. The Bertz CT molecular complexity index is 1160. The molecule has 0 bridgehead atoms. The molecular formula is C24H21N5S. The zero-order chi connectivity index (χ0) is 20.5. The summed E-state index contributed by atoms with van der Waals surface area (Å²) in [5.41, 5.74) is 5.31. The maximum absolute atomic E-state index is 5.81. The number of pyridine rings is 2. The van der Waals surface area contributed by atoms with E-state index in [1.54, 1.807) is 6.20 Å². The van der Waals surface area contributed by atoms with E-state index in [1.165, 1.54) is 0 Å². The van der Waals surface area contributed by atoms with E-state index in [-0.39, 0.29) is 12.1 Å². The second-order valence-corrected chi connectivity index (χ2v) is 7.67. The number of aryl methyl sites for hydroxylation is 1. The van der Waals surface area contributed by atoms with E-state index in [0.717, 1.165) is 28.5 Å². The third kappa shape index (κ3) is 3.15. The van der Waals surface area contributed by atoms with E-state index in [9.17, 15) is 0 Å². The molecule has 0 amide bonds. The molecule has 0 aliphatic carbocycles. The lowest BCUT2D eigenvalue weighted by molar-refractivity contribution is 0.548. The van der Waals surface area contributed by atoms with E-state index in [2.05, 4.69) is 62.0 Å². The molecule has 3 aromatic heterocycles. The van der Waals surface area contributed by atoms with Crippen LogP contribution in [0.15, 0.2) is 91.4 Å². The van der Waals surface area contributed by atoms with Gasteiger partial charge in [0.15, 0.2) is 5.11 Å². The summed E-state index contributed by atoms with van der Waals surface area (Å²) in [4.78, 5) is 11.2. The second-order valence-electron chi connectivity index (χ2n) is 7.28. The van der Waals surface area contributed by atoms with Crippen LogP contribution in [0.25, 0.3) is 5.69 Å². The van der Waals surface area contributed by atoms with E-state index in [1.807, 2.05) is 54.9 Å². The van der Waals surface area contributed by atoms with Crippen LogP contribution >= 0.6 is 12.2 Å². The molecule has 0 radical (unpaired) electrons. The normalized spacial score (nSPS) is 18.4. The number of rotatable bonds is 4. The first kappa shape index (κ1) is 18.5. The molecule has 1 aliphatic rings. The monoisotopic (exact) mass is 411 g/mol. The summed E-state index contributed by atoms with van der Waals surface area (Å²) >= 11 is 5.81.